The van der Waals surface area contributed by atoms with Crippen LogP contribution in [-0.2, 0) is 23.9 Å². The molecule has 152 valence electrons. The number of fused-ring (bicyclic) bond motifs is 2. The molecule has 1 unspecified atom stereocenters. The monoisotopic (exact) mass is 402 g/mol. The van der Waals surface area contributed by atoms with E-state index in [-0.39, 0.29) is 24.1 Å². The maximum atomic E-state index is 13.1. The molecule has 0 N–H and O–H groups in total. The highest BCUT2D eigenvalue weighted by Crippen LogP contribution is 2.54. The van der Waals surface area contributed by atoms with Crippen molar-refractivity contribution in [3.05, 3.63) is 35.4 Å². The summed E-state index contributed by atoms with van der Waals surface area (Å²) in [6, 6.07) is 8.54. The molecule has 0 saturated heterocycles. The number of hydrogen-bond donors (Lipinski definition) is 0. The van der Waals surface area contributed by atoms with Crippen molar-refractivity contribution < 1.29 is 23.9 Å². The molecule has 3 aliphatic rings. The Hall–Kier alpha value is -1.95. The number of carbonyl (C=O) groups excluding carboxylic acids is 3. The van der Waals surface area contributed by atoms with Crippen LogP contribution in [0.3, 0.4) is 0 Å². The first kappa shape index (κ1) is 20.8. The molecule has 0 aliphatic heterocycles. The predicted octanol–water partition coefficient (Wildman–Crippen LogP) is 3.91. The molecule has 5 nitrogen and oxygen atoms in total. The van der Waals surface area contributed by atoms with Crippen LogP contribution >= 0.6 is 0 Å². The van der Waals surface area contributed by atoms with Gasteiger partial charge in [-0.1, -0.05) is 50.8 Å². The topological polar surface area (TPSA) is 69.7 Å². The summed E-state index contributed by atoms with van der Waals surface area (Å²) in [4.78, 5) is 38.7. The van der Waals surface area contributed by atoms with Crippen LogP contribution in [0.2, 0.25) is 25.7 Å². The Labute approximate surface area is 167 Å². The summed E-state index contributed by atoms with van der Waals surface area (Å²) in [5.41, 5.74) is 1.87. The first-order valence-corrected chi connectivity index (χ1v) is 13.9. The Bertz CT molecular complexity index is 766. The van der Waals surface area contributed by atoms with Crippen molar-refractivity contribution in [2.75, 3.05) is 13.2 Å². The lowest BCUT2D eigenvalue weighted by atomic mass is 9.55. The molecule has 4 atom stereocenters. The maximum Gasteiger partial charge on any atom is 0.310 e. The summed E-state index contributed by atoms with van der Waals surface area (Å²) in [6.07, 6.45) is 0.982. The van der Waals surface area contributed by atoms with Crippen LogP contribution in [-0.4, -0.2) is 39.0 Å². The molecule has 2 bridgehead atoms. The van der Waals surface area contributed by atoms with Crippen LogP contribution in [0.4, 0.5) is 0 Å². The third kappa shape index (κ3) is 4.07. The third-order valence-electron chi connectivity index (χ3n) is 5.77. The average molecular weight is 403 g/mol. The number of hydrogen-bond acceptors (Lipinski definition) is 5. The Balaban J connectivity index is 1.91. The van der Waals surface area contributed by atoms with Crippen molar-refractivity contribution in [1.29, 1.82) is 0 Å². The fourth-order valence-electron chi connectivity index (χ4n) is 4.38. The van der Waals surface area contributed by atoms with Crippen LogP contribution in [0, 0.1) is 11.8 Å². The minimum atomic E-state index is -1.34. The summed E-state index contributed by atoms with van der Waals surface area (Å²) in [5, 5.41) is 0. The van der Waals surface area contributed by atoms with E-state index in [1.165, 1.54) is 0 Å². The molecule has 0 aromatic heterocycles. The van der Waals surface area contributed by atoms with Gasteiger partial charge in [-0.05, 0) is 23.6 Å². The molecule has 3 aliphatic carbocycles. The van der Waals surface area contributed by atoms with E-state index in [0.29, 0.717) is 19.6 Å². The molecule has 1 saturated carbocycles. The summed E-state index contributed by atoms with van der Waals surface area (Å²) in [6.45, 7) is 9.26. The first-order valence-electron chi connectivity index (χ1n) is 10.2. The standard InChI is InChI=1S/C22H30O5Si/c1-5-10-26-22(25)20-18-15-9-7-6-8-14(15)16(13-17(18)23)19(20)21(24)27-11-12-28(2,3)4/h6-9,16,18-20H,5,10-13H2,1-4H3/t16?,18-,19-,20-/m1/s1. The minimum Gasteiger partial charge on any atom is -0.466 e. The highest BCUT2D eigenvalue weighted by atomic mass is 28.3. The largest absolute Gasteiger partial charge is 0.466 e. The summed E-state index contributed by atoms with van der Waals surface area (Å²) in [7, 11) is -1.34. The molecule has 0 heterocycles. The highest BCUT2D eigenvalue weighted by molar-refractivity contribution is 6.76. The van der Waals surface area contributed by atoms with Crippen LogP contribution in [0.1, 0.15) is 42.7 Å². The number of Topliss-reactive ketones (excluding diaryl/α,β-unsaturated/α-hetero) is 1. The fourth-order valence-corrected chi connectivity index (χ4v) is 5.09. The molecule has 1 fully saturated rings. The second kappa shape index (κ2) is 8.19. The molecule has 28 heavy (non-hydrogen) atoms. The van der Waals surface area contributed by atoms with Gasteiger partial charge in [0.15, 0.2) is 0 Å². The zero-order valence-electron chi connectivity index (χ0n) is 17.2. The lowest BCUT2D eigenvalue weighted by Crippen LogP contribution is -2.50. The molecule has 6 heteroatoms. The number of esters is 2. The lowest BCUT2D eigenvalue weighted by Gasteiger charge is -2.46. The molecule has 1 aromatic rings. The second-order valence-electron chi connectivity index (χ2n) is 9.08. The third-order valence-corrected chi connectivity index (χ3v) is 7.47. The SMILES string of the molecule is CCCOC(=O)[C@H]1[C@H](C(=O)OCC[Si](C)(C)C)C2CC(=O)[C@H]1c1ccccc12. The van der Waals surface area contributed by atoms with E-state index in [1.807, 2.05) is 31.2 Å². The van der Waals surface area contributed by atoms with Crippen molar-refractivity contribution in [2.24, 2.45) is 11.8 Å². The zero-order chi connectivity index (χ0) is 20.5. The average Bonchev–Trinajstić information content (AvgIpc) is 2.64. The van der Waals surface area contributed by atoms with Crippen LogP contribution < -0.4 is 0 Å². The number of carbonyl (C=O) groups is 3. The summed E-state index contributed by atoms with van der Waals surface area (Å²) >= 11 is 0. The van der Waals surface area contributed by atoms with Crippen LogP contribution in [0.5, 0.6) is 0 Å². The minimum absolute atomic E-state index is 0.0216. The Morgan fingerprint density at radius 1 is 1.00 bits per heavy atom. The molecular weight excluding hydrogens is 372 g/mol. The van der Waals surface area contributed by atoms with Gasteiger partial charge in [0.1, 0.15) is 5.78 Å². The zero-order valence-corrected chi connectivity index (χ0v) is 18.2. The van der Waals surface area contributed by atoms with E-state index in [1.54, 1.807) is 0 Å². The van der Waals surface area contributed by atoms with Crippen molar-refractivity contribution in [3.63, 3.8) is 0 Å². The van der Waals surface area contributed by atoms with Gasteiger partial charge in [0.2, 0.25) is 0 Å². The quantitative estimate of drug-likeness (QED) is 0.511. The number of ether oxygens (including phenoxy) is 2. The van der Waals surface area contributed by atoms with Gasteiger partial charge in [0.05, 0.1) is 31.0 Å². The van der Waals surface area contributed by atoms with E-state index >= 15 is 0 Å². The molecular formula is C22H30O5Si. The predicted molar refractivity (Wildman–Crippen MR) is 109 cm³/mol. The van der Waals surface area contributed by atoms with Gasteiger partial charge in [0.25, 0.3) is 0 Å². The number of benzene rings is 1. The normalized spacial score (nSPS) is 25.9. The fraction of sp³-hybridized carbons (Fsp3) is 0.591. The molecule has 0 radical (unpaired) electrons. The van der Waals surface area contributed by atoms with Crippen molar-refractivity contribution >= 4 is 25.8 Å². The van der Waals surface area contributed by atoms with Crippen LogP contribution in [0.25, 0.3) is 0 Å². The smallest absolute Gasteiger partial charge is 0.310 e. The number of ketones is 1. The van der Waals surface area contributed by atoms with E-state index in [4.69, 9.17) is 9.47 Å². The molecule has 4 rings (SSSR count). The van der Waals surface area contributed by atoms with Gasteiger partial charge in [0, 0.05) is 20.4 Å². The van der Waals surface area contributed by atoms with Gasteiger partial charge in [-0.2, -0.15) is 0 Å². The van der Waals surface area contributed by atoms with E-state index in [0.717, 1.165) is 17.2 Å². The Kier molecular flexibility index (Phi) is 6.08. The van der Waals surface area contributed by atoms with Crippen molar-refractivity contribution in [2.45, 2.75) is 57.3 Å². The maximum absolute atomic E-state index is 13.1. The second-order valence-corrected chi connectivity index (χ2v) is 14.7. The van der Waals surface area contributed by atoms with E-state index < -0.39 is 31.8 Å². The van der Waals surface area contributed by atoms with E-state index in [2.05, 4.69) is 19.6 Å². The van der Waals surface area contributed by atoms with Crippen LogP contribution in [0.15, 0.2) is 24.3 Å². The van der Waals surface area contributed by atoms with Gasteiger partial charge in [-0.25, -0.2) is 0 Å². The van der Waals surface area contributed by atoms with Gasteiger partial charge in [-0.15, -0.1) is 0 Å². The summed E-state index contributed by atoms with van der Waals surface area (Å²) in [5.74, 6) is -3.16. The lowest BCUT2D eigenvalue weighted by molar-refractivity contribution is -0.167. The van der Waals surface area contributed by atoms with Gasteiger partial charge >= 0.3 is 11.9 Å². The molecule has 0 spiro atoms. The van der Waals surface area contributed by atoms with E-state index in [9.17, 15) is 14.4 Å². The number of rotatable bonds is 7. The van der Waals surface area contributed by atoms with Gasteiger partial charge < -0.3 is 9.47 Å². The van der Waals surface area contributed by atoms with Crippen molar-refractivity contribution in [3.8, 4) is 0 Å². The van der Waals surface area contributed by atoms with Gasteiger partial charge in [-0.3, -0.25) is 14.4 Å². The highest BCUT2D eigenvalue weighted by Gasteiger charge is 2.57. The summed E-state index contributed by atoms with van der Waals surface area (Å²) < 4.78 is 11.0. The molecule has 1 aromatic carbocycles. The van der Waals surface area contributed by atoms with Crippen molar-refractivity contribution in [1.82, 2.24) is 0 Å². The first-order chi connectivity index (χ1) is 13.2. The molecule has 0 amide bonds. The Morgan fingerprint density at radius 3 is 2.25 bits per heavy atom. The Morgan fingerprint density at radius 2 is 1.61 bits per heavy atom.